The molecule has 1 nitrogen and oxygen atoms in total. The van der Waals surface area contributed by atoms with Crippen molar-refractivity contribution in [2.24, 2.45) is 5.41 Å². The summed E-state index contributed by atoms with van der Waals surface area (Å²) in [5, 5.41) is 3.96. The SMILES string of the molecule is CC1(C)CCC(NC2CCCCCCC2)CC1. The molecule has 100 valence electrons. The average molecular weight is 237 g/mol. The van der Waals surface area contributed by atoms with Crippen LogP contribution in [0.15, 0.2) is 0 Å². The van der Waals surface area contributed by atoms with Gasteiger partial charge in [-0.2, -0.15) is 0 Å². The van der Waals surface area contributed by atoms with E-state index in [-0.39, 0.29) is 0 Å². The molecular weight excluding hydrogens is 206 g/mol. The van der Waals surface area contributed by atoms with Gasteiger partial charge in [0, 0.05) is 12.1 Å². The van der Waals surface area contributed by atoms with Gasteiger partial charge < -0.3 is 5.32 Å². The molecule has 0 aromatic rings. The lowest BCUT2D eigenvalue weighted by Crippen LogP contribution is -2.42. The smallest absolute Gasteiger partial charge is 0.00700 e. The summed E-state index contributed by atoms with van der Waals surface area (Å²) in [4.78, 5) is 0. The number of rotatable bonds is 2. The van der Waals surface area contributed by atoms with Crippen LogP contribution in [0.3, 0.4) is 0 Å². The summed E-state index contributed by atoms with van der Waals surface area (Å²) in [5.74, 6) is 0. The minimum Gasteiger partial charge on any atom is -0.311 e. The fraction of sp³-hybridized carbons (Fsp3) is 1.00. The minimum absolute atomic E-state index is 0.610. The maximum absolute atomic E-state index is 3.96. The van der Waals surface area contributed by atoms with Crippen LogP contribution in [-0.2, 0) is 0 Å². The first-order valence-corrected chi connectivity index (χ1v) is 7.92. The first kappa shape index (κ1) is 13.4. The summed E-state index contributed by atoms with van der Waals surface area (Å²) < 4.78 is 0. The molecule has 2 aliphatic carbocycles. The Hall–Kier alpha value is -0.0400. The van der Waals surface area contributed by atoms with Crippen molar-refractivity contribution in [3.8, 4) is 0 Å². The molecule has 2 aliphatic rings. The summed E-state index contributed by atoms with van der Waals surface area (Å²) in [6.07, 6.45) is 15.8. The van der Waals surface area contributed by atoms with Crippen LogP contribution in [-0.4, -0.2) is 12.1 Å². The zero-order chi connectivity index (χ0) is 12.1. The van der Waals surface area contributed by atoms with Crippen LogP contribution in [0.5, 0.6) is 0 Å². The molecule has 0 aliphatic heterocycles. The lowest BCUT2D eigenvalue weighted by Gasteiger charge is -2.37. The number of hydrogen-bond donors (Lipinski definition) is 1. The van der Waals surface area contributed by atoms with Gasteiger partial charge in [-0.15, -0.1) is 0 Å². The van der Waals surface area contributed by atoms with Gasteiger partial charge in [0.2, 0.25) is 0 Å². The van der Waals surface area contributed by atoms with Crippen molar-refractivity contribution < 1.29 is 0 Å². The van der Waals surface area contributed by atoms with E-state index in [1.54, 1.807) is 0 Å². The molecule has 1 heteroatoms. The molecule has 0 radical (unpaired) electrons. The van der Waals surface area contributed by atoms with Gasteiger partial charge in [-0.25, -0.2) is 0 Å². The molecular formula is C16H31N. The molecule has 2 fully saturated rings. The van der Waals surface area contributed by atoms with Crippen molar-refractivity contribution in [2.75, 3.05) is 0 Å². The third kappa shape index (κ3) is 4.62. The Kier molecular flexibility index (Phi) is 4.90. The van der Waals surface area contributed by atoms with Crippen LogP contribution in [0.1, 0.15) is 84.5 Å². The monoisotopic (exact) mass is 237 g/mol. The molecule has 2 rings (SSSR count). The van der Waals surface area contributed by atoms with E-state index in [0.717, 1.165) is 12.1 Å². The maximum atomic E-state index is 3.96. The van der Waals surface area contributed by atoms with Crippen LogP contribution in [0.25, 0.3) is 0 Å². The number of nitrogens with one attached hydrogen (secondary N) is 1. The maximum Gasteiger partial charge on any atom is 0.00700 e. The molecule has 17 heavy (non-hydrogen) atoms. The molecule has 0 heterocycles. The zero-order valence-electron chi connectivity index (χ0n) is 11.9. The second-order valence-corrected chi connectivity index (χ2v) is 7.15. The summed E-state index contributed by atoms with van der Waals surface area (Å²) in [6, 6.07) is 1.66. The van der Waals surface area contributed by atoms with Crippen molar-refractivity contribution in [2.45, 2.75) is 96.6 Å². The third-order valence-corrected chi connectivity index (χ3v) is 4.92. The first-order chi connectivity index (χ1) is 8.16. The van der Waals surface area contributed by atoms with Gasteiger partial charge in [-0.1, -0.05) is 46.0 Å². The van der Waals surface area contributed by atoms with Crippen molar-refractivity contribution in [1.29, 1.82) is 0 Å². The fourth-order valence-corrected chi connectivity index (χ4v) is 3.52. The third-order valence-electron chi connectivity index (χ3n) is 4.92. The molecule has 0 saturated heterocycles. The van der Waals surface area contributed by atoms with Gasteiger partial charge in [0.1, 0.15) is 0 Å². The van der Waals surface area contributed by atoms with Crippen molar-refractivity contribution in [3.05, 3.63) is 0 Å². The second kappa shape index (κ2) is 6.22. The van der Waals surface area contributed by atoms with Gasteiger partial charge in [0.05, 0.1) is 0 Å². The van der Waals surface area contributed by atoms with E-state index < -0.39 is 0 Å². The zero-order valence-corrected chi connectivity index (χ0v) is 11.9. The molecule has 0 aromatic heterocycles. The molecule has 0 aromatic carbocycles. The standard InChI is InChI=1S/C16H31N/c1-16(2)12-10-15(11-13-16)17-14-8-6-4-3-5-7-9-14/h14-15,17H,3-13H2,1-2H3. The van der Waals surface area contributed by atoms with Crippen LogP contribution in [0.4, 0.5) is 0 Å². The van der Waals surface area contributed by atoms with Gasteiger partial charge in [-0.3, -0.25) is 0 Å². The summed E-state index contributed by atoms with van der Waals surface area (Å²) in [7, 11) is 0. The molecule has 0 bridgehead atoms. The highest BCUT2D eigenvalue weighted by atomic mass is 14.9. The van der Waals surface area contributed by atoms with Crippen molar-refractivity contribution >= 4 is 0 Å². The minimum atomic E-state index is 0.610. The Morgan fingerprint density at radius 3 is 1.76 bits per heavy atom. The predicted octanol–water partition coefficient (Wildman–Crippen LogP) is 4.66. The first-order valence-electron chi connectivity index (χ1n) is 7.92. The Labute approximate surface area is 108 Å². The van der Waals surface area contributed by atoms with Gasteiger partial charge in [0.15, 0.2) is 0 Å². The molecule has 1 N–H and O–H groups in total. The van der Waals surface area contributed by atoms with Crippen LogP contribution in [0, 0.1) is 5.41 Å². The average Bonchev–Trinajstić information content (AvgIpc) is 2.24. The van der Waals surface area contributed by atoms with E-state index in [1.807, 2.05) is 0 Å². The summed E-state index contributed by atoms with van der Waals surface area (Å²) in [6.45, 7) is 4.86. The fourth-order valence-electron chi connectivity index (χ4n) is 3.52. The molecule has 2 saturated carbocycles. The quantitative estimate of drug-likeness (QED) is 0.736. The van der Waals surface area contributed by atoms with Gasteiger partial charge in [-0.05, 0) is 43.9 Å². The second-order valence-electron chi connectivity index (χ2n) is 7.15. The molecule has 0 spiro atoms. The topological polar surface area (TPSA) is 12.0 Å². The van der Waals surface area contributed by atoms with E-state index in [2.05, 4.69) is 19.2 Å². The Balaban J connectivity index is 1.72. The van der Waals surface area contributed by atoms with Crippen molar-refractivity contribution in [1.82, 2.24) is 5.32 Å². The van der Waals surface area contributed by atoms with E-state index in [4.69, 9.17) is 0 Å². The van der Waals surface area contributed by atoms with Crippen molar-refractivity contribution in [3.63, 3.8) is 0 Å². The molecule has 0 amide bonds. The summed E-state index contributed by atoms with van der Waals surface area (Å²) >= 11 is 0. The largest absolute Gasteiger partial charge is 0.311 e. The lowest BCUT2D eigenvalue weighted by molar-refractivity contribution is 0.192. The normalized spacial score (nSPS) is 28.6. The Morgan fingerprint density at radius 1 is 0.706 bits per heavy atom. The van der Waals surface area contributed by atoms with Crippen LogP contribution >= 0.6 is 0 Å². The Bertz CT molecular complexity index is 204. The van der Waals surface area contributed by atoms with E-state index in [9.17, 15) is 0 Å². The number of hydrogen-bond acceptors (Lipinski definition) is 1. The van der Waals surface area contributed by atoms with E-state index in [1.165, 1.54) is 70.6 Å². The lowest BCUT2D eigenvalue weighted by atomic mass is 9.75. The van der Waals surface area contributed by atoms with Crippen LogP contribution < -0.4 is 5.32 Å². The summed E-state index contributed by atoms with van der Waals surface area (Å²) in [5.41, 5.74) is 0.610. The van der Waals surface area contributed by atoms with Gasteiger partial charge >= 0.3 is 0 Å². The van der Waals surface area contributed by atoms with E-state index in [0.29, 0.717) is 5.41 Å². The van der Waals surface area contributed by atoms with E-state index >= 15 is 0 Å². The van der Waals surface area contributed by atoms with Crippen LogP contribution in [0.2, 0.25) is 0 Å². The highest BCUT2D eigenvalue weighted by Crippen LogP contribution is 2.35. The van der Waals surface area contributed by atoms with Gasteiger partial charge in [0.25, 0.3) is 0 Å². The predicted molar refractivity (Wildman–Crippen MR) is 75.3 cm³/mol. The highest BCUT2D eigenvalue weighted by molar-refractivity contribution is 4.84. The highest BCUT2D eigenvalue weighted by Gasteiger charge is 2.27. The molecule has 0 unspecified atom stereocenters. The molecule has 0 atom stereocenters. The Morgan fingerprint density at radius 2 is 1.18 bits per heavy atom.